The Kier molecular flexibility index (Phi) is 3.76. The Morgan fingerprint density at radius 2 is 2.07 bits per heavy atom. The molecule has 0 radical (unpaired) electrons. The molecule has 1 saturated heterocycles. The maximum Gasteiger partial charge on any atom is 0.141 e. The van der Waals surface area contributed by atoms with Crippen molar-refractivity contribution in [2.24, 2.45) is 0 Å². The molecule has 1 N–H and O–H groups in total. The van der Waals surface area contributed by atoms with Crippen LogP contribution in [0.2, 0.25) is 5.02 Å². The van der Waals surface area contributed by atoms with E-state index in [1.165, 1.54) is 30.4 Å². The fourth-order valence-electron chi connectivity index (χ4n) is 1.66. The third-order valence-corrected chi connectivity index (χ3v) is 3.85. The normalized spacial score (nSPS) is 17.7. The first-order valence-electron chi connectivity index (χ1n) is 5.05. The van der Waals surface area contributed by atoms with Crippen LogP contribution in [-0.4, -0.2) is 17.5 Å². The second kappa shape index (κ2) is 5.08. The Morgan fingerprint density at radius 1 is 1.33 bits per heavy atom. The van der Waals surface area contributed by atoms with Crippen LogP contribution in [0, 0.1) is 5.82 Å². The molecule has 1 aromatic rings. The van der Waals surface area contributed by atoms with Crippen molar-refractivity contribution in [3.8, 4) is 0 Å². The molecule has 0 aliphatic carbocycles. The number of hydrogen-bond acceptors (Lipinski definition) is 2. The van der Waals surface area contributed by atoms with Gasteiger partial charge in [-0.25, -0.2) is 4.39 Å². The predicted molar refractivity (Wildman–Crippen MR) is 65.4 cm³/mol. The average Bonchev–Trinajstić information content (AvgIpc) is 2.25. The molecular weight excluding hydrogens is 233 g/mol. The molecule has 1 fully saturated rings. The van der Waals surface area contributed by atoms with Gasteiger partial charge in [-0.2, -0.15) is 11.8 Å². The van der Waals surface area contributed by atoms with Crippen molar-refractivity contribution in [3.63, 3.8) is 0 Å². The molecule has 0 bridgehead atoms. The van der Waals surface area contributed by atoms with Crippen molar-refractivity contribution in [3.05, 3.63) is 29.0 Å². The molecule has 1 aliphatic heterocycles. The molecule has 1 aromatic carbocycles. The van der Waals surface area contributed by atoms with E-state index in [1.54, 1.807) is 12.1 Å². The first-order valence-corrected chi connectivity index (χ1v) is 6.58. The summed E-state index contributed by atoms with van der Waals surface area (Å²) in [6, 6.07) is 5.30. The zero-order valence-corrected chi connectivity index (χ0v) is 9.87. The van der Waals surface area contributed by atoms with Gasteiger partial charge >= 0.3 is 0 Å². The van der Waals surface area contributed by atoms with E-state index in [0.29, 0.717) is 6.04 Å². The zero-order chi connectivity index (χ0) is 10.7. The first-order chi connectivity index (χ1) is 7.25. The van der Waals surface area contributed by atoms with Gasteiger partial charge in [0.1, 0.15) is 5.82 Å². The summed E-state index contributed by atoms with van der Waals surface area (Å²) in [4.78, 5) is 0. The summed E-state index contributed by atoms with van der Waals surface area (Å²) in [7, 11) is 0. The summed E-state index contributed by atoms with van der Waals surface area (Å²) in [5, 5.41) is 3.57. The van der Waals surface area contributed by atoms with E-state index in [1.807, 2.05) is 11.8 Å². The van der Waals surface area contributed by atoms with Gasteiger partial charge in [0, 0.05) is 11.7 Å². The highest BCUT2D eigenvalue weighted by Crippen LogP contribution is 2.24. The van der Waals surface area contributed by atoms with Crippen LogP contribution in [0.5, 0.6) is 0 Å². The summed E-state index contributed by atoms with van der Waals surface area (Å²) in [5.74, 6) is 2.04. The third-order valence-electron chi connectivity index (χ3n) is 2.51. The van der Waals surface area contributed by atoms with Crippen LogP contribution in [0.15, 0.2) is 18.2 Å². The lowest BCUT2D eigenvalue weighted by Gasteiger charge is -2.23. The average molecular weight is 246 g/mol. The number of benzene rings is 1. The molecular formula is C11H13ClFNS. The van der Waals surface area contributed by atoms with Gasteiger partial charge in [-0.3, -0.25) is 0 Å². The predicted octanol–water partition coefficient (Wildman–Crippen LogP) is 3.79. The minimum Gasteiger partial charge on any atom is -0.382 e. The van der Waals surface area contributed by atoms with Crippen LogP contribution >= 0.6 is 23.4 Å². The van der Waals surface area contributed by atoms with Crippen molar-refractivity contribution in [1.29, 1.82) is 0 Å². The molecule has 1 aliphatic rings. The number of rotatable bonds is 2. The lowest BCUT2D eigenvalue weighted by atomic mass is 10.1. The standard InChI is InChI=1S/C11H13ClFNS/c12-10-7-9(1-2-11(10)13)14-8-3-5-15-6-4-8/h1-2,7-8,14H,3-6H2. The van der Waals surface area contributed by atoms with Gasteiger partial charge in [-0.15, -0.1) is 0 Å². The SMILES string of the molecule is Fc1ccc(NC2CCSCC2)cc1Cl. The molecule has 0 unspecified atom stereocenters. The minimum absolute atomic E-state index is 0.185. The summed E-state index contributed by atoms with van der Waals surface area (Å²) < 4.78 is 12.9. The first kappa shape index (κ1) is 11.1. The largest absolute Gasteiger partial charge is 0.382 e. The Labute approximate surface area is 98.4 Å². The molecule has 82 valence electrons. The van der Waals surface area contributed by atoms with Crippen molar-refractivity contribution in [2.75, 3.05) is 16.8 Å². The summed E-state index contributed by atoms with van der Waals surface area (Å²) >= 11 is 7.70. The van der Waals surface area contributed by atoms with Crippen molar-refractivity contribution in [2.45, 2.75) is 18.9 Å². The summed E-state index contributed by atoms with van der Waals surface area (Å²) in [5.41, 5.74) is 0.915. The lowest BCUT2D eigenvalue weighted by Crippen LogP contribution is -2.24. The molecule has 0 atom stereocenters. The highest BCUT2D eigenvalue weighted by Gasteiger charge is 2.13. The highest BCUT2D eigenvalue weighted by molar-refractivity contribution is 7.99. The Morgan fingerprint density at radius 3 is 2.73 bits per heavy atom. The highest BCUT2D eigenvalue weighted by atomic mass is 35.5. The van der Waals surface area contributed by atoms with Crippen LogP contribution in [0.3, 0.4) is 0 Å². The fourth-order valence-corrected chi connectivity index (χ4v) is 2.95. The smallest absolute Gasteiger partial charge is 0.141 e. The summed E-state index contributed by atoms with van der Waals surface area (Å²) in [6.07, 6.45) is 2.33. The number of nitrogens with one attached hydrogen (secondary N) is 1. The maximum atomic E-state index is 12.9. The fraction of sp³-hybridized carbons (Fsp3) is 0.455. The number of thioether (sulfide) groups is 1. The number of hydrogen-bond donors (Lipinski definition) is 1. The van der Waals surface area contributed by atoms with Gasteiger partial charge in [-0.05, 0) is 42.5 Å². The molecule has 4 heteroatoms. The molecule has 0 aromatic heterocycles. The van der Waals surface area contributed by atoms with E-state index >= 15 is 0 Å². The molecule has 15 heavy (non-hydrogen) atoms. The Bertz CT molecular complexity index is 339. The Hall–Kier alpha value is -0.410. The third kappa shape index (κ3) is 3.02. The van der Waals surface area contributed by atoms with Gasteiger partial charge in [-0.1, -0.05) is 11.6 Å². The summed E-state index contributed by atoms with van der Waals surface area (Å²) in [6.45, 7) is 0. The van der Waals surface area contributed by atoms with Crippen LogP contribution in [0.1, 0.15) is 12.8 Å². The van der Waals surface area contributed by atoms with Crippen molar-refractivity contribution < 1.29 is 4.39 Å². The molecule has 0 spiro atoms. The second-order valence-electron chi connectivity index (χ2n) is 3.66. The van der Waals surface area contributed by atoms with Crippen LogP contribution in [0.25, 0.3) is 0 Å². The quantitative estimate of drug-likeness (QED) is 0.851. The molecule has 1 nitrogen and oxygen atoms in total. The zero-order valence-electron chi connectivity index (χ0n) is 8.30. The van der Waals surface area contributed by atoms with Crippen LogP contribution < -0.4 is 5.32 Å². The van der Waals surface area contributed by atoms with Crippen molar-refractivity contribution in [1.82, 2.24) is 0 Å². The monoisotopic (exact) mass is 245 g/mol. The molecule has 0 amide bonds. The number of halogens is 2. The number of anilines is 1. The van der Waals surface area contributed by atoms with Gasteiger partial charge in [0.05, 0.1) is 5.02 Å². The van der Waals surface area contributed by atoms with Crippen molar-refractivity contribution >= 4 is 29.1 Å². The van der Waals surface area contributed by atoms with Gasteiger partial charge < -0.3 is 5.32 Å². The van der Waals surface area contributed by atoms with Gasteiger partial charge in [0.2, 0.25) is 0 Å². The van der Waals surface area contributed by atoms with E-state index in [4.69, 9.17) is 11.6 Å². The molecule has 1 heterocycles. The molecule has 2 rings (SSSR count). The van der Waals surface area contributed by atoms with E-state index < -0.39 is 0 Å². The minimum atomic E-state index is -0.360. The van der Waals surface area contributed by atoms with E-state index in [9.17, 15) is 4.39 Å². The van der Waals surface area contributed by atoms with E-state index in [0.717, 1.165) is 5.69 Å². The lowest BCUT2D eigenvalue weighted by molar-refractivity contribution is 0.627. The van der Waals surface area contributed by atoms with Gasteiger partial charge in [0.25, 0.3) is 0 Å². The maximum absolute atomic E-state index is 12.9. The van der Waals surface area contributed by atoms with Crippen LogP contribution in [0.4, 0.5) is 10.1 Å². The van der Waals surface area contributed by atoms with E-state index in [2.05, 4.69) is 5.32 Å². The van der Waals surface area contributed by atoms with E-state index in [-0.39, 0.29) is 10.8 Å². The topological polar surface area (TPSA) is 12.0 Å². The van der Waals surface area contributed by atoms with Gasteiger partial charge in [0.15, 0.2) is 0 Å². The Balaban J connectivity index is 2.00. The second-order valence-corrected chi connectivity index (χ2v) is 5.29. The molecule has 0 saturated carbocycles. The van der Waals surface area contributed by atoms with Crippen LogP contribution in [-0.2, 0) is 0 Å².